The van der Waals surface area contributed by atoms with Crippen LogP contribution in [0.15, 0.2) is 24.3 Å². The van der Waals surface area contributed by atoms with Gasteiger partial charge in [0.2, 0.25) is 5.91 Å². The maximum Gasteiger partial charge on any atom is 0.238 e. The Bertz CT molecular complexity index is 436. The van der Waals surface area contributed by atoms with Crippen molar-refractivity contribution in [1.29, 1.82) is 0 Å². The van der Waals surface area contributed by atoms with Gasteiger partial charge in [0, 0.05) is 23.8 Å². The van der Waals surface area contributed by atoms with Crippen molar-refractivity contribution >= 4 is 48.0 Å². The Morgan fingerprint density at radius 2 is 1.82 bits per heavy atom. The highest BCUT2D eigenvalue weighted by atomic mass is 35.5. The van der Waals surface area contributed by atoms with E-state index in [1.165, 1.54) is 25.9 Å². The van der Waals surface area contributed by atoms with E-state index in [2.05, 4.69) is 15.1 Å². The molecular weight excluding hydrogens is 345 g/mol. The third-order valence-corrected chi connectivity index (χ3v) is 3.79. The number of anilines is 1. The van der Waals surface area contributed by atoms with E-state index in [4.69, 9.17) is 11.6 Å². The number of hydrogen-bond acceptors (Lipinski definition) is 3. The molecule has 0 saturated carbocycles. The van der Waals surface area contributed by atoms with Gasteiger partial charge in [-0.05, 0) is 57.2 Å². The Labute approximate surface area is 150 Å². The number of hydrogen-bond donors (Lipinski definition) is 1. The number of likely N-dealkylation sites (tertiary alicyclic amines) is 1. The molecule has 0 atom stereocenters. The van der Waals surface area contributed by atoms with E-state index in [1.807, 2.05) is 19.2 Å². The molecule has 0 radical (unpaired) electrons. The summed E-state index contributed by atoms with van der Waals surface area (Å²) in [6.07, 6.45) is 2.61. The summed E-state index contributed by atoms with van der Waals surface area (Å²) in [6.45, 7) is 4.78. The van der Waals surface area contributed by atoms with Crippen molar-refractivity contribution < 1.29 is 4.79 Å². The Hall–Kier alpha value is -0.520. The largest absolute Gasteiger partial charge is 0.325 e. The molecule has 1 heterocycles. The second kappa shape index (κ2) is 11.1. The lowest BCUT2D eigenvalue weighted by Crippen LogP contribution is -2.36. The minimum absolute atomic E-state index is 0. The van der Waals surface area contributed by atoms with Gasteiger partial charge in [0.25, 0.3) is 0 Å². The average Bonchev–Trinajstić information content (AvgIpc) is 2.92. The first kappa shape index (κ1) is 21.5. The molecule has 2 rings (SSSR count). The highest BCUT2D eigenvalue weighted by Gasteiger charge is 2.13. The van der Waals surface area contributed by atoms with Crippen LogP contribution in [0, 0.1) is 0 Å². The molecule has 1 aliphatic heterocycles. The fourth-order valence-corrected chi connectivity index (χ4v) is 2.50. The molecule has 0 unspecified atom stereocenters. The molecule has 7 heteroatoms. The first-order valence-electron chi connectivity index (χ1n) is 7.10. The number of nitrogens with one attached hydrogen (secondary N) is 1. The third-order valence-electron chi connectivity index (χ3n) is 3.54. The van der Waals surface area contributed by atoms with Crippen molar-refractivity contribution in [2.45, 2.75) is 12.8 Å². The molecule has 0 bridgehead atoms. The van der Waals surface area contributed by atoms with Crippen LogP contribution in [0.3, 0.4) is 0 Å². The Morgan fingerprint density at radius 1 is 1.23 bits per heavy atom. The van der Waals surface area contributed by atoms with Gasteiger partial charge in [-0.25, -0.2) is 0 Å². The molecule has 1 aliphatic rings. The summed E-state index contributed by atoms with van der Waals surface area (Å²) in [4.78, 5) is 16.4. The predicted molar refractivity (Wildman–Crippen MR) is 97.7 cm³/mol. The molecule has 1 amide bonds. The van der Waals surface area contributed by atoms with Gasteiger partial charge in [0.05, 0.1) is 6.54 Å². The SMILES string of the molecule is CN(CCN1CCCC1)CC(=O)Nc1ccc(Cl)cc1.Cl.Cl. The fraction of sp³-hybridized carbons (Fsp3) is 0.533. The van der Waals surface area contributed by atoms with Gasteiger partial charge in [-0.15, -0.1) is 24.8 Å². The van der Waals surface area contributed by atoms with Crippen LogP contribution in [0.4, 0.5) is 5.69 Å². The molecule has 1 N–H and O–H groups in total. The predicted octanol–water partition coefficient (Wildman–Crippen LogP) is 3.15. The summed E-state index contributed by atoms with van der Waals surface area (Å²) in [6, 6.07) is 7.16. The lowest BCUT2D eigenvalue weighted by Gasteiger charge is -2.20. The molecule has 1 aromatic rings. The zero-order valence-corrected chi connectivity index (χ0v) is 15.1. The van der Waals surface area contributed by atoms with Gasteiger partial charge in [-0.2, -0.15) is 0 Å². The van der Waals surface area contributed by atoms with Crippen molar-refractivity contribution in [2.75, 3.05) is 45.1 Å². The van der Waals surface area contributed by atoms with Gasteiger partial charge in [0.1, 0.15) is 0 Å². The maximum absolute atomic E-state index is 11.9. The van der Waals surface area contributed by atoms with E-state index in [1.54, 1.807) is 12.1 Å². The van der Waals surface area contributed by atoms with Crippen LogP contribution in [0.1, 0.15) is 12.8 Å². The van der Waals surface area contributed by atoms with Gasteiger partial charge in [-0.1, -0.05) is 11.6 Å². The first-order valence-corrected chi connectivity index (χ1v) is 7.47. The zero-order valence-electron chi connectivity index (χ0n) is 12.8. The number of amides is 1. The third kappa shape index (κ3) is 7.65. The van der Waals surface area contributed by atoms with Gasteiger partial charge < -0.3 is 10.2 Å². The highest BCUT2D eigenvalue weighted by molar-refractivity contribution is 6.30. The summed E-state index contributed by atoms with van der Waals surface area (Å²) in [5, 5.41) is 3.55. The van der Waals surface area contributed by atoms with Gasteiger partial charge in [-0.3, -0.25) is 9.69 Å². The molecule has 1 fully saturated rings. The summed E-state index contributed by atoms with van der Waals surface area (Å²) in [5.41, 5.74) is 0.785. The number of carbonyl (C=O) groups is 1. The van der Waals surface area contributed by atoms with Crippen LogP contribution in [-0.2, 0) is 4.79 Å². The van der Waals surface area contributed by atoms with E-state index in [0.29, 0.717) is 11.6 Å². The van der Waals surface area contributed by atoms with Crippen molar-refractivity contribution in [3.05, 3.63) is 29.3 Å². The fourth-order valence-electron chi connectivity index (χ4n) is 2.38. The van der Waals surface area contributed by atoms with E-state index >= 15 is 0 Å². The van der Waals surface area contributed by atoms with Crippen LogP contribution in [0.5, 0.6) is 0 Å². The molecule has 0 aliphatic carbocycles. The van der Waals surface area contributed by atoms with Crippen molar-refractivity contribution in [2.24, 2.45) is 0 Å². The van der Waals surface area contributed by atoms with Crippen LogP contribution in [-0.4, -0.2) is 55.5 Å². The van der Waals surface area contributed by atoms with E-state index < -0.39 is 0 Å². The van der Waals surface area contributed by atoms with Crippen LogP contribution >= 0.6 is 36.4 Å². The van der Waals surface area contributed by atoms with Gasteiger partial charge >= 0.3 is 0 Å². The van der Waals surface area contributed by atoms with Crippen LogP contribution in [0.25, 0.3) is 0 Å². The lowest BCUT2D eigenvalue weighted by molar-refractivity contribution is -0.117. The van der Waals surface area contributed by atoms with Gasteiger partial charge in [0.15, 0.2) is 0 Å². The monoisotopic (exact) mass is 367 g/mol. The summed E-state index contributed by atoms with van der Waals surface area (Å²) in [7, 11) is 1.98. The number of nitrogens with zero attached hydrogens (tertiary/aromatic N) is 2. The normalized spacial score (nSPS) is 14.3. The topological polar surface area (TPSA) is 35.6 Å². The molecule has 22 heavy (non-hydrogen) atoms. The van der Waals surface area contributed by atoms with Crippen molar-refractivity contribution in [3.8, 4) is 0 Å². The Kier molecular flexibility index (Phi) is 10.8. The molecule has 126 valence electrons. The summed E-state index contributed by atoms with van der Waals surface area (Å²) in [5.74, 6) is 0.0104. The molecule has 1 saturated heterocycles. The summed E-state index contributed by atoms with van der Waals surface area (Å²) >= 11 is 5.81. The average molecular weight is 369 g/mol. The second-order valence-corrected chi connectivity index (χ2v) is 5.78. The molecule has 4 nitrogen and oxygen atoms in total. The summed E-state index contributed by atoms with van der Waals surface area (Å²) < 4.78 is 0. The molecule has 1 aromatic carbocycles. The second-order valence-electron chi connectivity index (χ2n) is 5.34. The van der Waals surface area contributed by atoms with Crippen molar-refractivity contribution in [1.82, 2.24) is 9.80 Å². The van der Waals surface area contributed by atoms with E-state index in [0.717, 1.165) is 18.8 Å². The number of carbonyl (C=O) groups excluding carboxylic acids is 1. The van der Waals surface area contributed by atoms with E-state index in [9.17, 15) is 4.79 Å². The zero-order chi connectivity index (χ0) is 14.4. The minimum Gasteiger partial charge on any atom is -0.325 e. The number of benzene rings is 1. The van der Waals surface area contributed by atoms with E-state index in [-0.39, 0.29) is 30.7 Å². The first-order chi connectivity index (χ1) is 9.63. The van der Waals surface area contributed by atoms with Crippen molar-refractivity contribution in [3.63, 3.8) is 0 Å². The molecule has 0 aromatic heterocycles. The van der Waals surface area contributed by atoms with Crippen LogP contribution < -0.4 is 5.32 Å². The maximum atomic E-state index is 11.9. The molecular formula is C15H24Cl3N3O. The number of halogens is 3. The minimum atomic E-state index is 0. The highest BCUT2D eigenvalue weighted by Crippen LogP contribution is 2.13. The smallest absolute Gasteiger partial charge is 0.238 e. The number of likely N-dealkylation sites (N-methyl/N-ethyl adjacent to an activating group) is 1. The molecule has 0 spiro atoms. The lowest BCUT2D eigenvalue weighted by atomic mass is 10.3. The van der Waals surface area contributed by atoms with Crippen LogP contribution in [0.2, 0.25) is 5.02 Å². The quantitative estimate of drug-likeness (QED) is 0.838. The Balaban J connectivity index is 0.00000220. The number of rotatable bonds is 6. The Morgan fingerprint density at radius 3 is 2.41 bits per heavy atom. The standard InChI is InChI=1S/C15H22ClN3O.2ClH/c1-18(10-11-19-8-2-3-9-19)12-15(20)17-14-6-4-13(16)5-7-14;;/h4-7H,2-3,8-12H2,1H3,(H,17,20);2*1H.